The summed E-state index contributed by atoms with van der Waals surface area (Å²) in [6, 6.07) is 10.2. The number of likely N-dealkylation sites (tertiary alicyclic amines) is 1. The highest BCUT2D eigenvalue weighted by Gasteiger charge is 2.25. The van der Waals surface area contributed by atoms with E-state index in [-0.39, 0.29) is 3.92 Å². The van der Waals surface area contributed by atoms with Gasteiger partial charge in [0.25, 0.3) is 0 Å². The number of hydrogen-bond donors (Lipinski definition) is 0. The van der Waals surface area contributed by atoms with Gasteiger partial charge in [-0.3, -0.25) is 4.79 Å². The molecule has 1 heterocycles. The summed E-state index contributed by atoms with van der Waals surface area (Å²) in [4.78, 5) is 13.8. The smallest absolute Gasteiger partial charge is 0.235 e. The Kier molecular flexibility index (Phi) is 3.61. The van der Waals surface area contributed by atoms with Crippen LogP contribution in [0.4, 0.5) is 0 Å². The van der Waals surface area contributed by atoms with Crippen LogP contribution in [0.15, 0.2) is 30.3 Å². The first-order valence-electron chi connectivity index (χ1n) is 5.24. The predicted octanol–water partition coefficient (Wildman–Crippen LogP) is 2.61. The first kappa shape index (κ1) is 10.9. The summed E-state index contributed by atoms with van der Waals surface area (Å²) < 4.78 is 0.181. The van der Waals surface area contributed by atoms with E-state index in [9.17, 15) is 4.79 Å². The number of nitrogens with zero attached hydrogens (tertiary/aromatic N) is 1. The Hall–Kier alpha value is -0.580. The molecule has 0 aliphatic carbocycles. The average Bonchev–Trinajstić information content (AvgIpc) is 2.26. The maximum absolute atomic E-state index is 11.8. The van der Waals surface area contributed by atoms with Gasteiger partial charge in [0.15, 0.2) is 0 Å². The van der Waals surface area contributed by atoms with Gasteiger partial charge in [0.05, 0.1) is 3.92 Å². The Bertz CT molecular complexity index is 339. The van der Waals surface area contributed by atoms with Gasteiger partial charge >= 0.3 is 0 Å². The minimum absolute atomic E-state index is 0.181. The molecule has 15 heavy (non-hydrogen) atoms. The topological polar surface area (TPSA) is 20.3 Å². The number of carbonyl (C=O) groups excluding carboxylic acids is 1. The Balaban J connectivity index is 2.03. The highest BCUT2D eigenvalue weighted by Crippen LogP contribution is 2.20. The quantitative estimate of drug-likeness (QED) is 0.607. The fraction of sp³-hybridized carbons (Fsp3) is 0.417. The van der Waals surface area contributed by atoms with Crippen LogP contribution < -0.4 is 0 Å². The summed E-state index contributed by atoms with van der Waals surface area (Å²) >= 11 is 2.25. The van der Waals surface area contributed by atoms with E-state index in [4.69, 9.17) is 0 Å². The van der Waals surface area contributed by atoms with Crippen LogP contribution in [0.25, 0.3) is 0 Å². The number of halogens is 1. The third kappa shape index (κ3) is 2.71. The summed E-state index contributed by atoms with van der Waals surface area (Å²) in [6.45, 7) is 1.67. The summed E-state index contributed by atoms with van der Waals surface area (Å²) in [5, 5.41) is 0. The second kappa shape index (κ2) is 4.96. The van der Waals surface area contributed by atoms with E-state index < -0.39 is 0 Å². The molecule has 0 N–H and O–H groups in total. The third-order valence-corrected chi connectivity index (χ3v) is 3.84. The van der Waals surface area contributed by atoms with Crippen LogP contribution in [0, 0.1) is 0 Å². The molecule has 1 fully saturated rings. The monoisotopic (exact) mass is 315 g/mol. The van der Waals surface area contributed by atoms with E-state index in [2.05, 4.69) is 34.7 Å². The fourth-order valence-corrected chi connectivity index (χ4v) is 2.69. The molecule has 1 aliphatic heterocycles. The lowest BCUT2D eigenvalue weighted by Gasteiger charge is -2.29. The van der Waals surface area contributed by atoms with Crippen molar-refractivity contribution in [2.75, 3.05) is 6.54 Å². The minimum Gasteiger partial charge on any atom is -0.337 e. The van der Waals surface area contributed by atoms with E-state index in [1.54, 1.807) is 0 Å². The van der Waals surface area contributed by atoms with Gasteiger partial charge in [-0.05, 0) is 18.4 Å². The number of amides is 1. The second-order valence-electron chi connectivity index (χ2n) is 3.86. The third-order valence-electron chi connectivity index (χ3n) is 2.68. The van der Waals surface area contributed by atoms with Crippen molar-refractivity contribution in [2.45, 2.75) is 23.3 Å². The van der Waals surface area contributed by atoms with Crippen LogP contribution in [0.5, 0.6) is 0 Å². The van der Waals surface area contributed by atoms with Crippen LogP contribution in [-0.4, -0.2) is 21.3 Å². The highest BCUT2D eigenvalue weighted by molar-refractivity contribution is 14.1. The second-order valence-corrected chi connectivity index (χ2v) is 5.36. The molecule has 1 aromatic rings. The Morgan fingerprint density at radius 1 is 1.33 bits per heavy atom. The number of benzene rings is 1. The summed E-state index contributed by atoms with van der Waals surface area (Å²) in [5.74, 6) is 0.297. The normalized spacial score (nSPS) is 21.8. The molecular formula is C12H14INO. The number of piperidine rings is 1. The van der Waals surface area contributed by atoms with Gasteiger partial charge in [-0.2, -0.15) is 0 Å². The van der Waals surface area contributed by atoms with Gasteiger partial charge in [-0.1, -0.05) is 52.9 Å². The number of alkyl halides is 1. The van der Waals surface area contributed by atoms with E-state index in [1.807, 2.05) is 23.1 Å². The van der Waals surface area contributed by atoms with Crippen molar-refractivity contribution in [1.82, 2.24) is 4.90 Å². The summed E-state index contributed by atoms with van der Waals surface area (Å²) in [6.07, 6.45) is 2.16. The van der Waals surface area contributed by atoms with Crippen molar-refractivity contribution < 1.29 is 4.79 Å². The van der Waals surface area contributed by atoms with Crippen molar-refractivity contribution in [3.8, 4) is 0 Å². The minimum atomic E-state index is 0.181. The maximum Gasteiger partial charge on any atom is 0.235 e. The van der Waals surface area contributed by atoms with E-state index in [1.165, 1.54) is 5.56 Å². The molecule has 0 aromatic heterocycles. The van der Waals surface area contributed by atoms with E-state index in [0.29, 0.717) is 5.91 Å². The van der Waals surface area contributed by atoms with Crippen LogP contribution in [0.2, 0.25) is 0 Å². The van der Waals surface area contributed by atoms with Crippen LogP contribution in [0.3, 0.4) is 0 Å². The molecule has 0 saturated carbocycles. The summed E-state index contributed by atoms with van der Waals surface area (Å²) in [5.41, 5.74) is 1.22. The van der Waals surface area contributed by atoms with Crippen LogP contribution in [0.1, 0.15) is 18.4 Å². The molecule has 1 aliphatic rings. The van der Waals surface area contributed by atoms with Gasteiger partial charge in [0, 0.05) is 13.1 Å². The van der Waals surface area contributed by atoms with E-state index >= 15 is 0 Å². The largest absolute Gasteiger partial charge is 0.337 e. The number of hydrogen-bond acceptors (Lipinski definition) is 1. The SMILES string of the molecule is O=C1[C@@H](I)CCCN1Cc1ccccc1. The molecule has 0 spiro atoms. The van der Waals surface area contributed by atoms with Crippen molar-refractivity contribution in [3.05, 3.63) is 35.9 Å². The maximum atomic E-state index is 11.8. The molecule has 3 heteroatoms. The first-order chi connectivity index (χ1) is 7.27. The van der Waals surface area contributed by atoms with Crippen molar-refractivity contribution in [3.63, 3.8) is 0 Å². The molecular weight excluding hydrogens is 301 g/mol. The van der Waals surface area contributed by atoms with Gasteiger partial charge in [-0.25, -0.2) is 0 Å². The Labute approximate surface area is 104 Å². The molecule has 0 radical (unpaired) electrons. The number of rotatable bonds is 2. The van der Waals surface area contributed by atoms with Crippen LogP contribution >= 0.6 is 22.6 Å². The molecule has 0 bridgehead atoms. The zero-order valence-corrected chi connectivity index (χ0v) is 10.7. The van der Waals surface area contributed by atoms with Crippen molar-refractivity contribution in [2.24, 2.45) is 0 Å². The molecule has 1 atom stereocenters. The van der Waals surface area contributed by atoms with E-state index in [0.717, 1.165) is 25.9 Å². The number of carbonyl (C=O) groups is 1. The lowest BCUT2D eigenvalue weighted by molar-refractivity contribution is -0.132. The molecule has 0 unspecified atom stereocenters. The zero-order valence-electron chi connectivity index (χ0n) is 8.53. The van der Waals surface area contributed by atoms with Gasteiger partial charge in [-0.15, -0.1) is 0 Å². The van der Waals surface area contributed by atoms with Gasteiger partial charge in [0.1, 0.15) is 0 Å². The molecule has 1 aromatic carbocycles. The lowest BCUT2D eigenvalue weighted by Crippen LogP contribution is -2.40. The first-order valence-corrected chi connectivity index (χ1v) is 6.49. The summed E-state index contributed by atoms with van der Waals surface area (Å²) in [7, 11) is 0. The fourth-order valence-electron chi connectivity index (χ4n) is 1.85. The highest BCUT2D eigenvalue weighted by atomic mass is 127. The standard InChI is InChI=1S/C12H14INO/c13-11-7-4-8-14(12(11)15)9-10-5-2-1-3-6-10/h1-3,5-6,11H,4,7-9H2/t11-/m0/s1. The molecule has 2 rings (SSSR count). The Morgan fingerprint density at radius 2 is 2.07 bits per heavy atom. The van der Waals surface area contributed by atoms with Gasteiger partial charge in [0.2, 0.25) is 5.91 Å². The predicted molar refractivity (Wildman–Crippen MR) is 68.9 cm³/mol. The van der Waals surface area contributed by atoms with Crippen molar-refractivity contribution in [1.29, 1.82) is 0 Å². The molecule has 80 valence electrons. The van der Waals surface area contributed by atoms with Gasteiger partial charge < -0.3 is 4.90 Å². The molecule has 1 amide bonds. The Morgan fingerprint density at radius 3 is 2.80 bits per heavy atom. The lowest BCUT2D eigenvalue weighted by atomic mass is 10.1. The van der Waals surface area contributed by atoms with Crippen LogP contribution in [-0.2, 0) is 11.3 Å². The zero-order chi connectivity index (χ0) is 10.7. The molecule has 2 nitrogen and oxygen atoms in total. The molecule has 1 saturated heterocycles. The van der Waals surface area contributed by atoms with Crippen molar-refractivity contribution >= 4 is 28.5 Å². The average molecular weight is 315 g/mol.